The second-order valence-corrected chi connectivity index (χ2v) is 8.07. The van der Waals surface area contributed by atoms with E-state index in [1.54, 1.807) is 11.3 Å². The van der Waals surface area contributed by atoms with Crippen molar-refractivity contribution in [2.45, 2.75) is 25.5 Å². The number of rotatable bonds is 11. The molecule has 0 radical (unpaired) electrons. The van der Waals surface area contributed by atoms with Gasteiger partial charge in [0.2, 0.25) is 0 Å². The van der Waals surface area contributed by atoms with Crippen molar-refractivity contribution >= 4 is 11.3 Å². The summed E-state index contributed by atoms with van der Waals surface area (Å²) in [5.41, 5.74) is 2.62. The molecule has 0 saturated carbocycles. The lowest BCUT2D eigenvalue weighted by atomic mass is 10.1. The van der Waals surface area contributed by atoms with Gasteiger partial charge in [0.05, 0.1) is 0 Å². The first-order chi connectivity index (χ1) is 13.8. The number of hydrogen-bond acceptors (Lipinski definition) is 4. The summed E-state index contributed by atoms with van der Waals surface area (Å²) in [5.74, 6) is 0.989. The Morgan fingerprint density at radius 3 is 2.54 bits per heavy atom. The Kier molecular flexibility index (Phi) is 8.09. The molecule has 0 aliphatic heterocycles. The van der Waals surface area contributed by atoms with E-state index in [1.807, 2.05) is 7.05 Å². The van der Waals surface area contributed by atoms with Crippen LogP contribution in [0.25, 0.3) is 0 Å². The van der Waals surface area contributed by atoms with Gasteiger partial charge in [0, 0.05) is 30.0 Å². The first-order valence-corrected chi connectivity index (χ1v) is 10.8. The highest BCUT2D eigenvalue weighted by molar-refractivity contribution is 7.10. The number of benzene rings is 2. The van der Waals surface area contributed by atoms with Crippen LogP contribution in [0.15, 0.2) is 72.1 Å². The van der Waals surface area contributed by atoms with Crippen molar-refractivity contribution < 1.29 is 4.74 Å². The summed E-state index contributed by atoms with van der Waals surface area (Å²) in [6.07, 6.45) is 2.10. The quantitative estimate of drug-likeness (QED) is 0.487. The van der Waals surface area contributed by atoms with Gasteiger partial charge in [-0.2, -0.15) is 0 Å². The fourth-order valence-electron chi connectivity index (χ4n) is 3.25. The zero-order valence-corrected chi connectivity index (χ0v) is 17.6. The minimum Gasteiger partial charge on any atom is -0.485 e. The third kappa shape index (κ3) is 6.20. The lowest BCUT2D eigenvalue weighted by molar-refractivity contribution is 0.193. The molecule has 1 atom stereocenters. The van der Waals surface area contributed by atoms with Crippen LogP contribution in [0.2, 0.25) is 0 Å². The van der Waals surface area contributed by atoms with Crippen molar-refractivity contribution in [3.63, 3.8) is 0 Å². The molecule has 0 bridgehead atoms. The van der Waals surface area contributed by atoms with Gasteiger partial charge in [-0.05, 0) is 50.1 Å². The zero-order valence-electron chi connectivity index (χ0n) is 16.8. The molecule has 0 aliphatic carbocycles. The Balaban J connectivity index is 1.64. The predicted molar refractivity (Wildman–Crippen MR) is 119 cm³/mol. The van der Waals surface area contributed by atoms with Crippen molar-refractivity contribution in [1.29, 1.82) is 0 Å². The van der Waals surface area contributed by atoms with Gasteiger partial charge < -0.3 is 15.0 Å². The number of hydrogen-bond donors (Lipinski definition) is 1. The van der Waals surface area contributed by atoms with E-state index in [9.17, 15) is 0 Å². The first kappa shape index (κ1) is 20.6. The summed E-state index contributed by atoms with van der Waals surface area (Å²) in [4.78, 5) is 3.64. The van der Waals surface area contributed by atoms with Crippen LogP contribution in [-0.2, 0) is 13.0 Å². The Labute approximate surface area is 173 Å². The van der Waals surface area contributed by atoms with Crippen molar-refractivity contribution in [3.8, 4) is 5.75 Å². The Morgan fingerprint density at radius 2 is 1.79 bits per heavy atom. The molecule has 2 aromatic carbocycles. The van der Waals surface area contributed by atoms with E-state index in [0.29, 0.717) is 0 Å². The van der Waals surface area contributed by atoms with Crippen LogP contribution in [0, 0.1) is 0 Å². The number of nitrogens with one attached hydrogen (secondary N) is 1. The third-order valence-electron chi connectivity index (χ3n) is 4.82. The molecule has 148 valence electrons. The summed E-state index contributed by atoms with van der Waals surface area (Å²) in [7, 11) is 4.17. The van der Waals surface area contributed by atoms with E-state index in [-0.39, 0.29) is 6.10 Å². The standard InChI is InChI=1S/C24H30N2OS/c1-25-16-14-23(24-13-8-18-28-24)27-22-12-7-6-11-21(22)19-26(2)17-15-20-9-4-3-5-10-20/h3-13,18,23,25H,14-17,19H2,1-2H3. The van der Waals surface area contributed by atoms with Crippen LogP contribution in [0.3, 0.4) is 0 Å². The van der Waals surface area contributed by atoms with E-state index in [1.165, 1.54) is 16.0 Å². The average Bonchev–Trinajstić information content (AvgIpc) is 3.26. The number of likely N-dealkylation sites (N-methyl/N-ethyl adjacent to an activating group) is 1. The maximum absolute atomic E-state index is 6.50. The number of ether oxygens (including phenoxy) is 1. The normalized spacial score (nSPS) is 12.2. The molecular formula is C24H30N2OS. The highest BCUT2D eigenvalue weighted by atomic mass is 32.1. The van der Waals surface area contributed by atoms with Crippen LogP contribution in [0.1, 0.15) is 28.5 Å². The van der Waals surface area contributed by atoms with Crippen molar-refractivity contribution in [2.24, 2.45) is 0 Å². The molecule has 1 N–H and O–H groups in total. The molecule has 3 rings (SSSR count). The minimum absolute atomic E-state index is 0.0863. The molecule has 3 nitrogen and oxygen atoms in total. The smallest absolute Gasteiger partial charge is 0.134 e. The molecule has 0 aliphatic rings. The monoisotopic (exact) mass is 394 g/mol. The van der Waals surface area contributed by atoms with Gasteiger partial charge in [0.1, 0.15) is 11.9 Å². The van der Waals surface area contributed by atoms with Crippen LogP contribution in [0.5, 0.6) is 5.75 Å². The molecule has 4 heteroatoms. The number of thiophene rings is 1. The molecule has 3 aromatic rings. The molecule has 0 fully saturated rings. The molecule has 1 unspecified atom stereocenters. The highest BCUT2D eigenvalue weighted by Crippen LogP contribution is 2.30. The van der Waals surface area contributed by atoms with Crippen molar-refractivity contribution in [3.05, 3.63) is 88.1 Å². The molecule has 28 heavy (non-hydrogen) atoms. The summed E-state index contributed by atoms with van der Waals surface area (Å²) in [6, 6.07) is 23.4. The number of nitrogens with zero attached hydrogens (tertiary/aromatic N) is 1. The zero-order chi connectivity index (χ0) is 19.6. The molecular weight excluding hydrogens is 364 g/mol. The van der Waals surface area contributed by atoms with E-state index in [0.717, 1.165) is 38.2 Å². The minimum atomic E-state index is 0.0863. The van der Waals surface area contributed by atoms with E-state index in [2.05, 4.69) is 89.4 Å². The van der Waals surface area contributed by atoms with Gasteiger partial charge in [0.15, 0.2) is 0 Å². The van der Waals surface area contributed by atoms with Crippen LogP contribution in [-0.4, -0.2) is 32.1 Å². The maximum Gasteiger partial charge on any atom is 0.134 e. The maximum atomic E-state index is 6.50. The van der Waals surface area contributed by atoms with Crippen LogP contribution < -0.4 is 10.1 Å². The fraction of sp³-hybridized carbons (Fsp3) is 0.333. The predicted octanol–water partition coefficient (Wildman–Crippen LogP) is 5.15. The van der Waals surface area contributed by atoms with Crippen LogP contribution >= 0.6 is 11.3 Å². The lowest BCUT2D eigenvalue weighted by Crippen LogP contribution is -2.21. The van der Waals surface area contributed by atoms with E-state index >= 15 is 0 Å². The third-order valence-corrected chi connectivity index (χ3v) is 5.79. The Bertz CT molecular complexity index is 804. The van der Waals surface area contributed by atoms with Gasteiger partial charge in [0.25, 0.3) is 0 Å². The van der Waals surface area contributed by atoms with Gasteiger partial charge >= 0.3 is 0 Å². The lowest BCUT2D eigenvalue weighted by Gasteiger charge is -2.23. The van der Waals surface area contributed by atoms with Crippen LogP contribution in [0.4, 0.5) is 0 Å². The van der Waals surface area contributed by atoms with Gasteiger partial charge in [-0.1, -0.05) is 54.6 Å². The summed E-state index contributed by atoms with van der Waals surface area (Å²) < 4.78 is 6.50. The molecule has 0 spiro atoms. The topological polar surface area (TPSA) is 24.5 Å². The number of para-hydroxylation sites is 1. The SMILES string of the molecule is CNCCC(Oc1ccccc1CN(C)CCc1ccccc1)c1cccs1. The average molecular weight is 395 g/mol. The van der Waals surface area contributed by atoms with E-state index < -0.39 is 0 Å². The second-order valence-electron chi connectivity index (χ2n) is 7.10. The Morgan fingerprint density at radius 1 is 1.00 bits per heavy atom. The van der Waals surface area contributed by atoms with Crippen molar-refractivity contribution in [1.82, 2.24) is 10.2 Å². The summed E-state index contributed by atoms with van der Waals surface area (Å²) in [5, 5.41) is 5.36. The molecule has 0 saturated heterocycles. The Hall–Kier alpha value is -2.14. The van der Waals surface area contributed by atoms with Gasteiger partial charge in [-0.3, -0.25) is 0 Å². The second kappa shape index (κ2) is 11.0. The summed E-state index contributed by atoms with van der Waals surface area (Å²) >= 11 is 1.76. The molecule has 1 heterocycles. The highest BCUT2D eigenvalue weighted by Gasteiger charge is 2.16. The first-order valence-electron chi connectivity index (χ1n) is 9.91. The largest absolute Gasteiger partial charge is 0.485 e. The van der Waals surface area contributed by atoms with Gasteiger partial charge in [-0.15, -0.1) is 11.3 Å². The molecule has 1 aromatic heterocycles. The fourth-order valence-corrected chi connectivity index (χ4v) is 4.04. The van der Waals surface area contributed by atoms with Crippen molar-refractivity contribution in [2.75, 3.05) is 27.2 Å². The molecule has 0 amide bonds. The van der Waals surface area contributed by atoms with Gasteiger partial charge in [-0.25, -0.2) is 0 Å². The summed E-state index contributed by atoms with van der Waals surface area (Å²) in [6.45, 7) is 2.83. The van der Waals surface area contributed by atoms with E-state index in [4.69, 9.17) is 4.74 Å².